The highest BCUT2D eigenvalue weighted by Gasteiger charge is 2.41. The summed E-state index contributed by atoms with van der Waals surface area (Å²) in [7, 11) is 0. The van der Waals surface area contributed by atoms with Crippen molar-refractivity contribution in [3.8, 4) is 0 Å². The highest BCUT2D eigenvalue weighted by molar-refractivity contribution is 7.99. The van der Waals surface area contributed by atoms with Crippen LogP contribution in [0.15, 0.2) is 10.6 Å². The molecule has 0 saturated carbocycles. The molecule has 1 aromatic rings. The number of hydrogen-bond donors (Lipinski definition) is 1. The normalized spacial score (nSPS) is 29.0. The number of fused-ring (bicyclic) bond motifs is 2. The predicted molar refractivity (Wildman–Crippen MR) is 81.9 cm³/mol. The maximum atomic E-state index is 12.7. The van der Waals surface area contributed by atoms with Gasteiger partial charge in [-0.15, -0.1) is 0 Å². The molecule has 4 rings (SSSR count). The standard InChI is InChI=1S/C14H20N4O2S/c19-13(18-10-1-2-11(18)9-21-8-10)12-7-16-14(20-12)17-5-3-15-4-6-17/h7,10-11,15H,1-6,8-9H2. The average Bonchev–Trinajstić information content (AvgIpc) is 3.11. The van der Waals surface area contributed by atoms with Gasteiger partial charge in [0, 0.05) is 49.8 Å². The van der Waals surface area contributed by atoms with E-state index in [1.54, 1.807) is 6.20 Å². The Labute approximate surface area is 128 Å². The predicted octanol–water partition coefficient (Wildman–Crippen LogP) is 0.804. The molecule has 114 valence electrons. The number of anilines is 1. The highest BCUT2D eigenvalue weighted by atomic mass is 32.2. The Kier molecular flexibility index (Phi) is 3.54. The molecule has 0 spiro atoms. The van der Waals surface area contributed by atoms with Gasteiger partial charge in [0.05, 0.1) is 6.20 Å². The molecule has 3 fully saturated rings. The molecule has 2 bridgehead atoms. The number of oxazole rings is 1. The van der Waals surface area contributed by atoms with Crippen LogP contribution in [0.5, 0.6) is 0 Å². The van der Waals surface area contributed by atoms with E-state index in [9.17, 15) is 4.79 Å². The van der Waals surface area contributed by atoms with Gasteiger partial charge in [-0.2, -0.15) is 11.8 Å². The monoisotopic (exact) mass is 308 g/mol. The summed E-state index contributed by atoms with van der Waals surface area (Å²) in [5.41, 5.74) is 0. The van der Waals surface area contributed by atoms with Gasteiger partial charge < -0.3 is 19.5 Å². The lowest BCUT2D eigenvalue weighted by molar-refractivity contribution is 0.0659. The summed E-state index contributed by atoms with van der Waals surface area (Å²) in [6, 6.07) is 1.35. The Morgan fingerprint density at radius 1 is 1.29 bits per heavy atom. The molecule has 6 nitrogen and oxygen atoms in total. The van der Waals surface area contributed by atoms with E-state index in [4.69, 9.17) is 4.42 Å². The van der Waals surface area contributed by atoms with Gasteiger partial charge >= 0.3 is 0 Å². The molecule has 0 aromatic carbocycles. The molecule has 1 N–H and O–H groups in total. The molecule has 4 heterocycles. The third-order valence-corrected chi connectivity index (χ3v) is 5.81. The van der Waals surface area contributed by atoms with Gasteiger partial charge in [0.2, 0.25) is 5.76 Å². The minimum Gasteiger partial charge on any atom is -0.418 e. The third kappa shape index (κ3) is 2.42. The zero-order valence-corrected chi connectivity index (χ0v) is 12.8. The van der Waals surface area contributed by atoms with E-state index in [1.807, 2.05) is 16.7 Å². The van der Waals surface area contributed by atoms with Crippen LogP contribution >= 0.6 is 11.8 Å². The van der Waals surface area contributed by atoms with Crippen molar-refractivity contribution in [2.45, 2.75) is 24.9 Å². The van der Waals surface area contributed by atoms with Crippen LogP contribution in [0.25, 0.3) is 0 Å². The number of aromatic nitrogens is 1. The smallest absolute Gasteiger partial charge is 0.298 e. The largest absolute Gasteiger partial charge is 0.418 e. The van der Waals surface area contributed by atoms with E-state index in [1.165, 1.54) is 0 Å². The second-order valence-electron chi connectivity index (χ2n) is 5.88. The van der Waals surface area contributed by atoms with Crippen LogP contribution in [0, 0.1) is 0 Å². The van der Waals surface area contributed by atoms with Crippen molar-refractivity contribution >= 4 is 23.7 Å². The summed E-state index contributed by atoms with van der Waals surface area (Å²) in [6.07, 6.45) is 3.85. The maximum absolute atomic E-state index is 12.7. The van der Waals surface area contributed by atoms with E-state index >= 15 is 0 Å². The Balaban J connectivity index is 1.51. The molecule has 7 heteroatoms. The zero-order chi connectivity index (χ0) is 14.2. The van der Waals surface area contributed by atoms with Crippen LogP contribution in [-0.4, -0.2) is 65.6 Å². The number of nitrogens with one attached hydrogen (secondary N) is 1. The van der Waals surface area contributed by atoms with E-state index in [0.29, 0.717) is 23.9 Å². The second kappa shape index (κ2) is 5.53. The summed E-state index contributed by atoms with van der Waals surface area (Å²) in [5.74, 6) is 2.53. The first-order valence-electron chi connectivity index (χ1n) is 7.65. The van der Waals surface area contributed by atoms with Crippen molar-refractivity contribution in [3.05, 3.63) is 12.0 Å². The number of piperazine rings is 1. The molecule has 2 atom stereocenters. The highest BCUT2D eigenvalue weighted by Crippen LogP contribution is 2.35. The Morgan fingerprint density at radius 2 is 2.00 bits per heavy atom. The Morgan fingerprint density at radius 3 is 2.71 bits per heavy atom. The number of carbonyl (C=O) groups excluding carboxylic acids is 1. The van der Waals surface area contributed by atoms with Crippen molar-refractivity contribution in [1.29, 1.82) is 0 Å². The number of nitrogens with zero attached hydrogens (tertiary/aromatic N) is 3. The van der Waals surface area contributed by atoms with Gasteiger partial charge in [-0.25, -0.2) is 4.98 Å². The molecule has 21 heavy (non-hydrogen) atoms. The second-order valence-corrected chi connectivity index (χ2v) is 6.95. The van der Waals surface area contributed by atoms with Crippen LogP contribution in [0.2, 0.25) is 0 Å². The molecular formula is C14H20N4O2S. The SMILES string of the molecule is O=C(c1cnc(N2CCNCC2)o1)N1C2CCC1CSC2. The number of carbonyl (C=O) groups is 1. The van der Waals surface area contributed by atoms with Crippen molar-refractivity contribution in [1.82, 2.24) is 15.2 Å². The molecule has 3 aliphatic rings. The molecule has 3 saturated heterocycles. The lowest BCUT2D eigenvalue weighted by Crippen LogP contribution is -2.46. The lowest BCUT2D eigenvalue weighted by atomic mass is 10.2. The molecule has 0 radical (unpaired) electrons. The fourth-order valence-corrected chi connectivity index (χ4v) is 4.79. The van der Waals surface area contributed by atoms with Crippen molar-refractivity contribution in [2.75, 3.05) is 42.6 Å². The third-order valence-electron chi connectivity index (χ3n) is 4.57. The van der Waals surface area contributed by atoms with E-state index in [0.717, 1.165) is 50.5 Å². The van der Waals surface area contributed by atoms with Gasteiger partial charge in [-0.3, -0.25) is 4.79 Å². The number of amides is 1. The van der Waals surface area contributed by atoms with Gasteiger partial charge in [-0.05, 0) is 12.8 Å². The molecule has 1 aromatic heterocycles. The van der Waals surface area contributed by atoms with Crippen LogP contribution in [0.3, 0.4) is 0 Å². The van der Waals surface area contributed by atoms with Crippen molar-refractivity contribution in [2.24, 2.45) is 0 Å². The summed E-state index contributed by atoms with van der Waals surface area (Å²) >= 11 is 1.96. The number of thioether (sulfide) groups is 1. The number of hydrogen-bond acceptors (Lipinski definition) is 6. The minimum absolute atomic E-state index is 0.0247. The first-order valence-corrected chi connectivity index (χ1v) is 8.80. The topological polar surface area (TPSA) is 61.6 Å². The quantitative estimate of drug-likeness (QED) is 0.872. The lowest BCUT2D eigenvalue weighted by Gasteiger charge is -2.33. The van der Waals surface area contributed by atoms with Gasteiger partial charge in [0.1, 0.15) is 0 Å². The fourth-order valence-electron chi connectivity index (χ4n) is 3.45. The molecule has 2 unspecified atom stereocenters. The molecule has 0 aliphatic carbocycles. The van der Waals surface area contributed by atoms with Gasteiger partial charge in [0.25, 0.3) is 11.9 Å². The first kappa shape index (κ1) is 13.5. The Hall–Kier alpha value is -1.21. The molecule has 3 aliphatic heterocycles. The molecule has 1 amide bonds. The average molecular weight is 308 g/mol. The Bertz CT molecular complexity index is 513. The van der Waals surface area contributed by atoms with E-state index < -0.39 is 0 Å². The summed E-state index contributed by atoms with van der Waals surface area (Å²) in [6.45, 7) is 3.61. The van der Waals surface area contributed by atoms with E-state index in [2.05, 4.69) is 15.2 Å². The fraction of sp³-hybridized carbons (Fsp3) is 0.714. The molecular weight excluding hydrogens is 288 g/mol. The van der Waals surface area contributed by atoms with Crippen LogP contribution in [-0.2, 0) is 0 Å². The van der Waals surface area contributed by atoms with Crippen molar-refractivity contribution in [3.63, 3.8) is 0 Å². The number of rotatable bonds is 2. The minimum atomic E-state index is 0.0247. The maximum Gasteiger partial charge on any atom is 0.298 e. The van der Waals surface area contributed by atoms with Crippen LogP contribution in [0.1, 0.15) is 23.4 Å². The van der Waals surface area contributed by atoms with Gasteiger partial charge in [0.15, 0.2) is 0 Å². The van der Waals surface area contributed by atoms with Gasteiger partial charge in [-0.1, -0.05) is 0 Å². The van der Waals surface area contributed by atoms with Crippen LogP contribution in [0.4, 0.5) is 6.01 Å². The first-order chi connectivity index (χ1) is 10.3. The summed E-state index contributed by atoms with van der Waals surface area (Å²) < 4.78 is 5.75. The summed E-state index contributed by atoms with van der Waals surface area (Å²) in [5, 5.41) is 3.30. The zero-order valence-electron chi connectivity index (χ0n) is 12.0. The van der Waals surface area contributed by atoms with Crippen molar-refractivity contribution < 1.29 is 9.21 Å². The summed E-state index contributed by atoms with van der Waals surface area (Å²) in [4.78, 5) is 21.1. The van der Waals surface area contributed by atoms with E-state index in [-0.39, 0.29) is 5.91 Å². The van der Waals surface area contributed by atoms with Crippen LogP contribution < -0.4 is 10.2 Å².